The fourth-order valence-corrected chi connectivity index (χ4v) is 3.25. The van der Waals surface area contributed by atoms with Crippen molar-refractivity contribution in [3.8, 4) is 5.95 Å². The lowest BCUT2D eigenvalue weighted by Gasteiger charge is -2.13. The van der Waals surface area contributed by atoms with Crippen molar-refractivity contribution in [2.24, 2.45) is 0 Å². The zero-order valence-electron chi connectivity index (χ0n) is 16.7. The second kappa shape index (κ2) is 9.31. The Bertz CT molecular complexity index is 988. The Morgan fingerprint density at radius 3 is 2.79 bits per heavy atom. The molecule has 0 aliphatic heterocycles. The molecule has 0 saturated heterocycles. The van der Waals surface area contributed by atoms with Crippen LogP contribution in [0.3, 0.4) is 0 Å². The molecule has 0 bridgehead atoms. The molecule has 9 heteroatoms. The van der Waals surface area contributed by atoms with Crippen LogP contribution in [-0.2, 0) is 16.0 Å². The summed E-state index contributed by atoms with van der Waals surface area (Å²) in [5, 5.41) is 9.46. The second-order valence-electron chi connectivity index (χ2n) is 7.06. The summed E-state index contributed by atoms with van der Waals surface area (Å²) in [7, 11) is 0. The molecule has 9 nitrogen and oxygen atoms in total. The number of aryl methyl sites for hydroxylation is 2. The van der Waals surface area contributed by atoms with Gasteiger partial charge in [0.2, 0.25) is 5.95 Å². The second-order valence-corrected chi connectivity index (χ2v) is 7.06. The number of carbonyl (C=O) groups excluding carboxylic acids is 2. The van der Waals surface area contributed by atoms with E-state index in [1.54, 1.807) is 13.0 Å². The number of anilines is 1. The minimum Gasteiger partial charge on any atom is -0.348 e. The van der Waals surface area contributed by atoms with E-state index in [1.807, 2.05) is 6.92 Å². The van der Waals surface area contributed by atoms with E-state index < -0.39 is 11.8 Å². The van der Waals surface area contributed by atoms with Crippen LogP contribution in [0.25, 0.3) is 5.95 Å². The summed E-state index contributed by atoms with van der Waals surface area (Å²) in [6, 6.07) is 3.02. The van der Waals surface area contributed by atoms with Gasteiger partial charge in [-0.1, -0.05) is 18.6 Å². The maximum atomic E-state index is 12.3. The molecule has 154 valence electrons. The quantitative estimate of drug-likeness (QED) is 0.506. The predicted octanol–water partition coefficient (Wildman–Crippen LogP) is 1.77. The smallest absolute Gasteiger partial charge is 0.314 e. The van der Waals surface area contributed by atoms with Gasteiger partial charge in [0, 0.05) is 24.4 Å². The van der Waals surface area contributed by atoms with Crippen molar-refractivity contribution >= 4 is 17.6 Å². The van der Waals surface area contributed by atoms with Gasteiger partial charge in [-0.15, -0.1) is 0 Å². The third-order valence-electron chi connectivity index (χ3n) is 4.74. The van der Waals surface area contributed by atoms with Gasteiger partial charge in [0.25, 0.3) is 5.56 Å². The number of rotatable bonds is 6. The summed E-state index contributed by atoms with van der Waals surface area (Å²) >= 11 is 0. The van der Waals surface area contributed by atoms with Crippen molar-refractivity contribution < 1.29 is 9.59 Å². The van der Waals surface area contributed by atoms with Gasteiger partial charge < -0.3 is 10.6 Å². The van der Waals surface area contributed by atoms with Gasteiger partial charge in [-0.25, -0.2) is 4.98 Å². The van der Waals surface area contributed by atoms with Crippen LogP contribution < -0.4 is 16.2 Å². The zero-order chi connectivity index (χ0) is 20.8. The van der Waals surface area contributed by atoms with E-state index in [1.165, 1.54) is 29.2 Å². The maximum absolute atomic E-state index is 12.3. The van der Waals surface area contributed by atoms with Crippen molar-refractivity contribution in [1.82, 2.24) is 25.1 Å². The maximum Gasteiger partial charge on any atom is 0.314 e. The largest absolute Gasteiger partial charge is 0.348 e. The van der Waals surface area contributed by atoms with Crippen LogP contribution in [0.1, 0.15) is 50.4 Å². The number of allylic oxidation sites excluding steroid dienone is 1. The molecule has 3 N–H and O–H groups in total. The molecule has 0 atom stereocenters. The van der Waals surface area contributed by atoms with Gasteiger partial charge in [-0.3, -0.25) is 19.4 Å². The molecule has 0 unspecified atom stereocenters. The van der Waals surface area contributed by atoms with Crippen LogP contribution >= 0.6 is 0 Å². The van der Waals surface area contributed by atoms with E-state index >= 15 is 0 Å². The predicted molar refractivity (Wildman–Crippen MR) is 109 cm³/mol. The fourth-order valence-electron chi connectivity index (χ4n) is 3.25. The molecule has 1 aliphatic rings. The SMILES string of the molecule is CCc1cc(=O)[nH]c(-n2nc(C)cc2NC(=O)C(=O)NCCC2=CCCCC2)n1. The first-order valence-electron chi connectivity index (χ1n) is 9.90. The molecule has 2 aromatic rings. The Labute approximate surface area is 168 Å². The van der Waals surface area contributed by atoms with E-state index in [-0.39, 0.29) is 17.3 Å². The molecule has 1 aliphatic carbocycles. The molecule has 0 saturated carbocycles. The molecule has 0 spiro atoms. The van der Waals surface area contributed by atoms with Crippen molar-refractivity contribution in [2.45, 2.75) is 52.4 Å². The van der Waals surface area contributed by atoms with Crippen LogP contribution in [-0.4, -0.2) is 38.1 Å². The standard InChI is InChI=1S/C20H26N6O3/c1-3-15-12-17(27)24-20(22-15)26-16(11-13(2)25-26)23-19(29)18(28)21-10-9-14-7-5-4-6-8-14/h7,11-12H,3-6,8-10H2,1-2H3,(H,21,28)(H,23,29)(H,22,24,27). The number of aromatic nitrogens is 4. The first-order chi connectivity index (χ1) is 14.0. The van der Waals surface area contributed by atoms with Crippen LogP contribution in [0.2, 0.25) is 0 Å². The summed E-state index contributed by atoms with van der Waals surface area (Å²) in [5.41, 5.74) is 2.22. The van der Waals surface area contributed by atoms with Gasteiger partial charge in [0.1, 0.15) is 5.82 Å². The number of aromatic amines is 1. The first-order valence-corrected chi connectivity index (χ1v) is 9.90. The Morgan fingerprint density at radius 1 is 1.24 bits per heavy atom. The number of hydrogen-bond donors (Lipinski definition) is 3. The number of carbonyl (C=O) groups is 2. The van der Waals surface area contributed by atoms with Crippen LogP contribution in [0.4, 0.5) is 5.82 Å². The van der Waals surface area contributed by atoms with E-state index in [9.17, 15) is 14.4 Å². The normalized spacial score (nSPS) is 13.7. The summed E-state index contributed by atoms with van der Waals surface area (Å²) in [5.74, 6) is -1.07. The summed E-state index contributed by atoms with van der Waals surface area (Å²) < 4.78 is 1.31. The van der Waals surface area contributed by atoms with Crippen molar-refractivity contribution in [1.29, 1.82) is 0 Å². The molecule has 2 amide bonds. The highest BCUT2D eigenvalue weighted by atomic mass is 16.2. The summed E-state index contributed by atoms with van der Waals surface area (Å²) in [6.45, 7) is 4.05. The molecule has 29 heavy (non-hydrogen) atoms. The van der Waals surface area contributed by atoms with Gasteiger partial charge in [-0.2, -0.15) is 9.78 Å². The number of hydrogen-bond acceptors (Lipinski definition) is 5. The molecular weight excluding hydrogens is 372 g/mol. The van der Waals surface area contributed by atoms with Gasteiger partial charge in [-0.05, 0) is 45.4 Å². The van der Waals surface area contributed by atoms with Gasteiger partial charge in [0.05, 0.1) is 5.69 Å². The lowest BCUT2D eigenvalue weighted by atomic mass is 9.97. The third-order valence-corrected chi connectivity index (χ3v) is 4.74. The van der Waals surface area contributed by atoms with E-state index in [2.05, 4.69) is 31.8 Å². The highest BCUT2D eigenvalue weighted by molar-refractivity contribution is 6.39. The molecular formula is C20H26N6O3. The molecule has 2 heterocycles. The Kier molecular flexibility index (Phi) is 6.58. The Balaban J connectivity index is 1.66. The van der Waals surface area contributed by atoms with Crippen LogP contribution in [0.15, 0.2) is 28.6 Å². The van der Waals surface area contributed by atoms with E-state index in [0.29, 0.717) is 24.4 Å². The summed E-state index contributed by atoms with van der Waals surface area (Å²) in [4.78, 5) is 43.2. The number of H-pyrrole nitrogens is 1. The van der Waals surface area contributed by atoms with Crippen molar-refractivity contribution in [3.05, 3.63) is 45.5 Å². The van der Waals surface area contributed by atoms with Crippen molar-refractivity contribution in [2.75, 3.05) is 11.9 Å². The number of amides is 2. The zero-order valence-corrected chi connectivity index (χ0v) is 16.7. The lowest BCUT2D eigenvalue weighted by molar-refractivity contribution is -0.136. The molecule has 0 radical (unpaired) electrons. The third kappa shape index (κ3) is 5.40. The summed E-state index contributed by atoms with van der Waals surface area (Å²) in [6.07, 6.45) is 8.09. The Hall–Kier alpha value is -3.23. The van der Waals surface area contributed by atoms with Crippen LogP contribution in [0, 0.1) is 6.92 Å². The highest BCUT2D eigenvalue weighted by Crippen LogP contribution is 2.19. The minimum atomic E-state index is -0.794. The topological polar surface area (TPSA) is 122 Å². The van der Waals surface area contributed by atoms with Crippen molar-refractivity contribution in [3.63, 3.8) is 0 Å². The van der Waals surface area contributed by atoms with E-state index in [0.717, 1.165) is 19.3 Å². The lowest BCUT2D eigenvalue weighted by Crippen LogP contribution is -2.36. The number of nitrogens with one attached hydrogen (secondary N) is 3. The average molecular weight is 398 g/mol. The first kappa shape index (κ1) is 20.5. The molecule has 0 aromatic carbocycles. The molecule has 3 rings (SSSR count). The monoisotopic (exact) mass is 398 g/mol. The minimum absolute atomic E-state index is 0.183. The highest BCUT2D eigenvalue weighted by Gasteiger charge is 2.18. The fraction of sp³-hybridized carbons (Fsp3) is 0.450. The van der Waals surface area contributed by atoms with Gasteiger partial charge >= 0.3 is 11.8 Å². The number of nitrogens with zero attached hydrogens (tertiary/aromatic N) is 3. The Morgan fingerprint density at radius 2 is 2.07 bits per heavy atom. The van der Waals surface area contributed by atoms with Gasteiger partial charge in [0.15, 0.2) is 0 Å². The van der Waals surface area contributed by atoms with Crippen LogP contribution in [0.5, 0.6) is 0 Å². The average Bonchev–Trinajstić information content (AvgIpc) is 3.08. The molecule has 0 fully saturated rings. The van der Waals surface area contributed by atoms with E-state index in [4.69, 9.17) is 0 Å². The molecule has 2 aromatic heterocycles.